The van der Waals surface area contributed by atoms with Gasteiger partial charge in [-0.15, -0.1) is 11.8 Å². The fraction of sp³-hybridized carbons (Fsp3) is 0.688. The lowest BCUT2D eigenvalue weighted by molar-refractivity contribution is -0.144. The van der Waals surface area contributed by atoms with Crippen LogP contribution in [0.5, 0.6) is 0 Å². The highest BCUT2D eigenvalue weighted by molar-refractivity contribution is 7.99. The van der Waals surface area contributed by atoms with E-state index in [4.69, 9.17) is 0 Å². The molecule has 7 heteroatoms. The topological polar surface area (TPSA) is 60.9 Å². The van der Waals surface area contributed by atoms with Crippen LogP contribution in [0.25, 0.3) is 0 Å². The van der Waals surface area contributed by atoms with Crippen molar-refractivity contribution in [2.24, 2.45) is 0 Å². The minimum absolute atomic E-state index is 0.0100. The van der Waals surface area contributed by atoms with Gasteiger partial charge in [0.05, 0.1) is 5.88 Å². The number of rotatable bonds is 3. The molecule has 0 aromatic carbocycles. The van der Waals surface area contributed by atoms with E-state index in [1.54, 1.807) is 33.4 Å². The van der Waals surface area contributed by atoms with Gasteiger partial charge in [0.1, 0.15) is 6.04 Å². The smallest absolute Gasteiger partial charge is 0.250 e. The molecule has 3 amide bonds. The molecule has 0 aromatic heterocycles. The number of amides is 3. The van der Waals surface area contributed by atoms with E-state index in [0.29, 0.717) is 43.4 Å². The van der Waals surface area contributed by atoms with Crippen molar-refractivity contribution >= 4 is 29.5 Å². The van der Waals surface area contributed by atoms with Gasteiger partial charge < -0.3 is 14.7 Å². The Kier molecular flexibility index (Phi) is 6.10. The molecule has 2 fully saturated rings. The minimum Gasteiger partial charge on any atom is -0.339 e. The fourth-order valence-corrected chi connectivity index (χ4v) is 4.06. The van der Waals surface area contributed by atoms with E-state index in [1.165, 1.54) is 0 Å². The van der Waals surface area contributed by atoms with Gasteiger partial charge in [0, 0.05) is 44.4 Å². The first-order valence-corrected chi connectivity index (χ1v) is 9.21. The lowest BCUT2D eigenvalue weighted by Gasteiger charge is -2.36. The molecule has 0 unspecified atom stereocenters. The van der Waals surface area contributed by atoms with Crippen LogP contribution in [-0.4, -0.2) is 76.3 Å². The molecule has 0 radical (unpaired) electrons. The summed E-state index contributed by atoms with van der Waals surface area (Å²) < 4.78 is 0. The van der Waals surface area contributed by atoms with Crippen LogP contribution in [0.2, 0.25) is 0 Å². The summed E-state index contributed by atoms with van der Waals surface area (Å²) in [4.78, 5) is 41.9. The summed E-state index contributed by atoms with van der Waals surface area (Å²) in [6, 6.07) is -0.378. The lowest BCUT2D eigenvalue weighted by Crippen LogP contribution is -2.55. The predicted octanol–water partition coefficient (Wildman–Crippen LogP) is 0.935. The maximum absolute atomic E-state index is 12.8. The maximum atomic E-state index is 12.8. The van der Waals surface area contributed by atoms with Gasteiger partial charge in [-0.1, -0.05) is 13.0 Å². The molecule has 6 nitrogen and oxygen atoms in total. The average molecular weight is 339 g/mol. The quantitative estimate of drug-likeness (QED) is 0.718. The van der Waals surface area contributed by atoms with Gasteiger partial charge in [0.15, 0.2) is 0 Å². The number of carbonyl (C=O) groups excluding carboxylic acids is 3. The number of hydrogen-bond donors (Lipinski definition) is 0. The number of nitrogens with zero attached hydrogens (tertiary/aromatic N) is 3. The summed E-state index contributed by atoms with van der Waals surface area (Å²) >= 11 is 1.62. The lowest BCUT2D eigenvalue weighted by atomic mass is 10.1. The SMILES string of the molecule is CC/C=C(/C)C(=O)N1CSC[C@@H]1C(=O)N1CCN(C(C)=O)CC1. The Balaban J connectivity index is 2.00. The molecule has 2 heterocycles. The van der Waals surface area contributed by atoms with Gasteiger partial charge in [0.25, 0.3) is 5.91 Å². The molecule has 0 aromatic rings. The number of thioether (sulfide) groups is 1. The van der Waals surface area contributed by atoms with Crippen molar-refractivity contribution in [3.05, 3.63) is 11.6 Å². The van der Waals surface area contributed by atoms with Crippen molar-refractivity contribution in [3.8, 4) is 0 Å². The molecule has 0 bridgehead atoms. The Labute approximate surface area is 141 Å². The van der Waals surface area contributed by atoms with E-state index in [-0.39, 0.29) is 23.8 Å². The van der Waals surface area contributed by atoms with E-state index in [9.17, 15) is 14.4 Å². The molecule has 23 heavy (non-hydrogen) atoms. The van der Waals surface area contributed by atoms with Gasteiger partial charge >= 0.3 is 0 Å². The summed E-state index contributed by atoms with van der Waals surface area (Å²) in [5.41, 5.74) is 0.703. The van der Waals surface area contributed by atoms with Gasteiger partial charge in [-0.3, -0.25) is 14.4 Å². The summed E-state index contributed by atoms with van der Waals surface area (Å²) in [7, 11) is 0. The van der Waals surface area contributed by atoms with E-state index in [2.05, 4.69) is 0 Å². The second kappa shape index (κ2) is 7.86. The first-order chi connectivity index (χ1) is 11.0. The average Bonchev–Trinajstić information content (AvgIpc) is 3.03. The first kappa shape index (κ1) is 17.8. The molecule has 2 aliphatic rings. The highest BCUT2D eigenvalue weighted by Gasteiger charge is 2.38. The molecule has 128 valence electrons. The molecule has 0 spiro atoms. The van der Waals surface area contributed by atoms with Crippen LogP contribution >= 0.6 is 11.8 Å². The van der Waals surface area contributed by atoms with Crippen molar-refractivity contribution in [3.63, 3.8) is 0 Å². The number of carbonyl (C=O) groups is 3. The van der Waals surface area contributed by atoms with E-state index in [0.717, 1.165) is 6.42 Å². The van der Waals surface area contributed by atoms with Crippen molar-refractivity contribution in [2.75, 3.05) is 37.8 Å². The normalized spacial score (nSPS) is 22.5. The Bertz CT molecular complexity index is 513. The zero-order valence-electron chi connectivity index (χ0n) is 14.1. The van der Waals surface area contributed by atoms with Crippen LogP contribution < -0.4 is 0 Å². The van der Waals surface area contributed by atoms with Crippen molar-refractivity contribution in [1.82, 2.24) is 14.7 Å². The van der Waals surface area contributed by atoms with E-state index in [1.807, 2.05) is 19.9 Å². The van der Waals surface area contributed by atoms with Crippen molar-refractivity contribution in [2.45, 2.75) is 33.2 Å². The maximum Gasteiger partial charge on any atom is 0.250 e. The van der Waals surface area contributed by atoms with Crippen LogP contribution in [-0.2, 0) is 14.4 Å². The monoisotopic (exact) mass is 339 g/mol. The summed E-state index contributed by atoms with van der Waals surface area (Å²) in [5.74, 6) is 1.23. The molecule has 0 aliphatic carbocycles. The first-order valence-electron chi connectivity index (χ1n) is 8.05. The molecule has 2 rings (SSSR count). The molecule has 0 saturated carbocycles. The largest absolute Gasteiger partial charge is 0.339 e. The standard InChI is InChI=1S/C16H25N3O3S/c1-4-5-12(2)15(21)19-11-23-10-14(19)16(22)18-8-6-17(7-9-18)13(3)20/h5,14H,4,6-11H2,1-3H3/b12-5-/t14-/m1/s1. The van der Waals surface area contributed by atoms with Gasteiger partial charge in [-0.05, 0) is 13.3 Å². The fourth-order valence-electron chi connectivity index (χ4n) is 2.92. The third-order valence-electron chi connectivity index (χ3n) is 4.31. The summed E-state index contributed by atoms with van der Waals surface area (Å²) in [6.07, 6.45) is 2.71. The molecule has 2 aliphatic heterocycles. The Morgan fingerprint density at radius 1 is 1.09 bits per heavy atom. The highest BCUT2D eigenvalue weighted by Crippen LogP contribution is 2.25. The van der Waals surface area contributed by atoms with E-state index >= 15 is 0 Å². The minimum atomic E-state index is -0.378. The van der Waals surface area contributed by atoms with E-state index < -0.39 is 0 Å². The number of hydrogen-bond acceptors (Lipinski definition) is 4. The predicted molar refractivity (Wildman–Crippen MR) is 90.8 cm³/mol. The second-order valence-electron chi connectivity index (χ2n) is 5.92. The number of allylic oxidation sites excluding steroid dienone is 1. The van der Waals surface area contributed by atoms with Crippen molar-refractivity contribution in [1.29, 1.82) is 0 Å². The molecular weight excluding hydrogens is 314 g/mol. The Hall–Kier alpha value is -1.50. The zero-order chi connectivity index (χ0) is 17.0. The van der Waals surface area contributed by atoms with Crippen molar-refractivity contribution < 1.29 is 14.4 Å². The van der Waals surface area contributed by atoms with Gasteiger partial charge in [-0.25, -0.2) is 0 Å². The zero-order valence-corrected chi connectivity index (χ0v) is 14.9. The van der Waals surface area contributed by atoms with Gasteiger partial charge in [0.2, 0.25) is 11.8 Å². The van der Waals surface area contributed by atoms with Crippen LogP contribution in [0.1, 0.15) is 27.2 Å². The summed E-state index contributed by atoms with van der Waals surface area (Å²) in [6.45, 7) is 7.59. The third-order valence-corrected chi connectivity index (χ3v) is 5.32. The van der Waals surface area contributed by atoms with Crippen LogP contribution in [0, 0.1) is 0 Å². The number of piperazine rings is 1. The summed E-state index contributed by atoms with van der Waals surface area (Å²) in [5, 5.41) is 0. The van der Waals surface area contributed by atoms with Gasteiger partial charge in [-0.2, -0.15) is 0 Å². The Morgan fingerprint density at radius 2 is 1.70 bits per heavy atom. The van der Waals surface area contributed by atoms with Crippen LogP contribution in [0.15, 0.2) is 11.6 Å². The third kappa shape index (κ3) is 4.07. The van der Waals surface area contributed by atoms with Crippen LogP contribution in [0.4, 0.5) is 0 Å². The Morgan fingerprint density at radius 3 is 2.26 bits per heavy atom. The molecular formula is C16H25N3O3S. The molecule has 2 saturated heterocycles. The molecule has 0 N–H and O–H groups in total. The molecule has 1 atom stereocenters. The van der Waals surface area contributed by atoms with Crippen LogP contribution in [0.3, 0.4) is 0 Å². The second-order valence-corrected chi connectivity index (χ2v) is 6.92. The highest BCUT2D eigenvalue weighted by atomic mass is 32.2.